The monoisotopic (exact) mass is 365 g/mol. The number of hydrogen-bond acceptors (Lipinski definition) is 2. The van der Waals surface area contributed by atoms with E-state index in [9.17, 15) is 8.42 Å². The van der Waals surface area contributed by atoms with Crippen LogP contribution in [0.5, 0.6) is 0 Å². The molecule has 2 aromatic carbocycles. The minimum atomic E-state index is -3.51. The van der Waals surface area contributed by atoms with Crippen LogP contribution >= 0.6 is 15.9 Å². The van der Waals surface area contributed by atoms with Gasteiger partial charge in [0.15, 0.2) is 0 Å². The number of fused-ring (bicyclic) bond motifs is 1. The number of aryl methyl sites for hydroxylation is 1. The van der Waals surface area contributed by atoms with Gasteiger partial charge in [0.1, 0.15) is 0 Å². The lowest BCUT2D eigenvalue weighted by molar-refractivity contribution is 0.507. The van der Waals surface area contributed by atoms with Crippen molar-refractivity contribution < 1.29 is 8.42 Å². The Morgan fingerprint density at radius 2 is 1.90 bits per heavy atom. The third-order valence-corrected chi connectivity index (χ3v) is 5.74. The van der Waals surface area contributed by atoms with Gasteiger partial charge in [-0.05, 0) is 48.6 Å². The van der Waals surface area contributed by atoms with E-state index in [2.05, 4.69) is 26.7 Å². The molecule has 5 heteroatoms. The van der Waals surface area contributed by atoms with Crippen molar-refractivity contribution in [2.24, 2.45) is 0 Å². The molecule has 0 aromatic heterocycles. The summed E-state index contributed by atoms with van der Waals surface area (Å²) in [6.07, 6.45) is 2.86. The van der Waals surface area contributed by atoms with Gasteiger partial charge in [-0.25, -0.2) is 13.1 Å². The van der Waals surface area contributed by atoms with Crippen molar-refractivity contribution in [2.75, 3.05) is 0 Å². The summed E-state index contributed by atoms with van der Waals surface area (Å²) in [5, 5.41) is 0. The second-order valence-electron chi connectivity index (χ2n) is 5.22. The topological polar surface area (TPSA) is 46.2 Å². The fourth-order valence-corrected chi connectivity index (χ4v) is 4.61. The first-order valence-electron chi connectivity index (χ1n) is 6.92. The highest BCUT2D eigenvalue weighted by atomic mass is 79.9. The average Bonchev–Trinajstić information content (AvgIpc) is 2.47. The molecule has 0 saturated heterocycles. The van der Waals surface area contributed by atoms with E-state index in [1.807, 2.05) is 24.3 Å². The maximum Gasteiger partial charge on any atom is 0.241 e. The summed E-state index contributed by atoms with van der Waals surface area (Å²) in [5.74, 6) is 0. The molecule has 0 fully saturated rings. The van der Waals surface area contributed by atoms with Gasteiger partial charge in [-0.1, -0.05) is 46.3 Å². The predicted octanol–water partition coefficient (Wildman–Crippen LogP) is 3.81. The highest BCUT2D eigenvalue weighted by Gasteiger charge is 2.25. The molecule has 0 saturated carbocycles. The lowest BCUT2D eigenvalue weighted by Gasteiger charge is -2.26. The summed E-state index contributed by atoms with van der Waals surface area (Å²) in [7, 11) is -3.51. The van der Waals surface area contributed by atoms with Crippen LogP contribution in [0, 0.1) is 0 Å². The highest BCUT2D eigenvalue weighted by Crippen LogP contribution is 2.31. The second-order valence-corrected chi connectivity index (χ2v) is 7.85. The van der Waals surface area contributed by atoms with E-state index in [4.69, 9.17) is 0 Å². The maximum atomic E-state index is 12.5. The molecule has 21 heavy (non-hydrogen) atoms. The van der Waals surface area contributed by atoms with Gasteiger partial charge < -0.3 is 0 Å². The smallest absolute Gasteiger partial charge is 0.207 e. The molecule has 0 bridgehead atoms. The molecule has 0 heterocycles. The van der Waals surface area contributed by atoms with E-state index in [1.54, 1.807) is 18.2 Å². The molecule has 1 aliphatic rings. The van der Waals surface area contributed by atoms with Crippen LogP contribution in [0.1, 0.15) is 30.0 Å². The zero-order valence-electron chi connectivity index (χ0n) is 11.4. The van der Waals surface area contributed by atoms with E-state index >= 15 is 0 Å². The zero-order chi connectivity index (χ0) is 14.9. The Balaban J connectivity index is 1.90. The SMILES string of the molecule is O=S(=O)(N[C@@H]1CCCc2ccccc21)c1cccc(Br)c1. The first-order chi connectivity index (χ1) is 10.1. The number of nitrogens with one attached hydrogen (secondary N) is 1. The summed E-state index contributed by atoms with van der Waals surface area (Å²) >= 11 is 3.31. The van der Waals surface area contributed by atoms with Gasteiger partial charge in [-0.15, -0.1) is 0 Å². The Morgan fingerprint density at radius 3 is 2.71 bits per heavy atom. The predicted molar refractivity (Wildman–Crippen MR) is 86.6 cm³/mol. The third-order valence-electron chi connectivity index (χ3n) is 3.77. The third kappa shape index (κ3) is 3.20. The zero-order valence-corrected chi connectivity index (χ0v) is 13.8. The van der Waals surface area contributed by atoms with Crippen LogP contribution in [-0.2, 0) is 16.4 Å². The standard InChI is InChI=1S/C16H16BrNO2S/c17-13-7-4-8-14(11-13)21(19,20)18-16-10-3-6-12-5-1-2-9-15(12)16/h1-2,4-5,7-9,11,16,18H,3,6,10H2/t16-/m1/s1. The molecule has 2 aromatic rings. The van der Waals surface area contributed by atoms with Crippen LogP contribution < -0.4 is 4.72 Å². The number of rotatable bonds is 3. The molecule has 0 radical (unpaired) electrons. The minimum absolute atomic E-state index is 0.140. The quantitative estimate of drug-likeness (QED) is 0.898. The van der Waals surface area contributed by atoms with Gasteiger partial charge >= 0.3 is 0 Å². The first kappa shape index (κ1) is 14.8. The molecule has 3 rings (SSSR count). The van der Waals surface area contributed by atoms with Crippen molar-refractivity contribution in [2.45, 2.75) is 30.2 Å². The van der Waals surface area contributed by atoms with E-state index in [0.29, 0.717) is 4.90 Å². The van der Waals surface area contributed by atoms with Gasteiger partial charge in [0.05, 0.1) is 4.90 Å². The van der Waals surface area contributed by atoms with Crippen LogP contribution in [0.4, 0.5) is 0 Å². The van der Waals surface area contributed by atoms with E-state index < -0.39 is 10.0 Å². The summed E-state index contributed by atoms with van der Waals surface area (Å²) in [6.45, 7) is 0. The van der Waals surface area contributed by atoms with E-state index in [1.165, 1.54) is 5.56 Å². The van der Waals surface area contributed by atoms with Crippen LogP contribution in [0.2, 0.25) is 0 Å². The molecule has 0 spiro atoms. The lowest BCUT2D eigenvalue weighted by atomic mass is 9.88. The van der Waals surface area contributed by atoms with Gasteiger partial charge in [-0.3, -0.25) is 0 Å². The summed E-state index contributed by atoms with van der Waals surface area (Å²) < 4.78 is 28.7. The molecule has 0 aliphatic heterocycles. The lowest BCUT2D eigenvalue weighted by Crippen LogP contribution is -2.31. The highest BCUT2D eigenvalue weighted by molar-refractivity contribution is 9.10. The summed E-state index contributed by atoms with van der Waals surface area (Å²) in [6, 6.07) is 14.7. The Morgan fingerprint density at radius 1 is 1.10 bits per heavy atom. The van der Waals surface area contributed by atoms with E-state index in [-0.39, 0.29) is 6.04 Å². The van der Waals surface area contributed by atoms with Crippen LogP contribution in [-0.4, -0.2) is 8.42 Å². The fourth-order valence-electron chi connectivity index (χ4n) is 2.77. The molecule has 110 valence electrons. The van der Waals surface area contributed by atoms with Crippen molar-refractivity contribution >= 4 is 26.0 Å². The number of halogens is 1. The van der Waals surface area contributed by atoms with Crippen LogP contribution in [0.3, 0.4) is 0 Å². The maximum absolute atomic E-state index is 12.5. The van der Waals surface area contributed by atoms with E-state index in [0.717, 1.165) is 29.3 Å². The molecule has 3 nitrogen and oxygen atoms in total. The van der Waals surface area contributed by atoms with Crippen molar-refractivity contribution in [1.82, 2.24) is 4.72 Å². The Hall–Kier alpha value is -1.17. The van der Waals surface area contributed by atoms with Crippen LogP contribution in [0.25, 0.3) is 0 Å². The summed E-state index contributed by atoms with van der Waals surface area (Å²) in [5.41, 5.74) is 2.34. The van der Waals surface area contributed by atoms with Gasteiger partial charge in [0.25, 0.3) is 0 Å². The molecular weight excluding hydrogens is 350 g/mol. The largest absolute Gasteiger partial charge is 0.241 e. The number of hydrogen-bond donors (Lipinski definition) is 1. The van der Waals surface area contributed by atoms with Crippen LogP contribution in [0.15, 0.2) is 57.9 Å². The summed E-state index contributed by atoms with van der Waals surface area (Å²) in [4.78, 5) is 0.292. The first-order valence-corrected chi connectivity index (χ1v) is 9.19. The second kappa shape index (κ2) is 5.91. The molecule has 1 atom stereocenters. The molecule has 1 aliphatic carbocycles. The average molecular weight is 366 g/mol. The normalized spacial score (nSPS) is 18.2. The fraction of sp³-hybridized carbons (Fsp3) is 0.250. The molecule has 0 amide bonds. The van der Waals surface area contributed by atoms with Gasteiger partial charge in [0, 0.05) is 10.5 Å². The molecular formula is C16H16BrNO2S. The number of sulfonamides is 1. The van der Waals surface area contributed by atoms with Crippen molar-refractivity contribution in [1.29, 1.82) is 0 Å². The Labute approximate surface area is 133 Å². The Kier molecular flexibility index (Phi) is 4.15. The number of benzene rings is 2. The van der Waals surface area contributed by atoms with Crippen molar-refractivity contribution in [3.8, 4) is 0 Å². The van der Waals surface area contributed by atoms with Crippen molar-refractivity contribution in [3.05, 3.63) is 64.1 Å². The molecule has 0 unspecified atom stereocenters. The van der Waals surface area contributed by atoms with Gasteiger partial charge in [0.2, 0.25) is 10.0 Å². The Bertz CT molecular complexity index is 758. The minimum Gasteiger partial charge on any atom is -0.207 e. The van der Waals surface area contributed by atoms with Crippen molar-refractivity contribution in [3.63, 3.8) is 0 Å². The molecule has 1 N–H and O–H groups in total. The van der Waals surface area contributed by atoms with Gasteiger partial charge in [-0.2, -0.15) is 0 Å².